The van der Waals surface area contributed by atoms with Gasteiger partial charge in [-0.2, -0.15) is 5.26 Å². The zero-order valence-electron chi connectivity index (χ0n) is 7.00. The highest BCUT2D eigenvalue weighted by molar-refractivity contribution is 6.35. The first-order valence-electron chi connectivity index (χ1n) is 3.70. The first kappa shape index (κ1) is 11.0. The number of nitrogens with zero attached hydrogens (tertiary/aromatic N) is 1. The Labute approximate surface area is 91.0 Å². The first-order chi connectivity index (χ1) is 6.54. The number of rotatable bonds is 2. The predicted molar refractivity (Wildman–Crippen MR) is 54.4 cm³/mol. The molecule has 0 radical (unpaired) electrons. The average Bonchev–Trinajstić information content (AvgIpc) is 2.14. The lowest BCUT2D eigenvalue weighted by molar-refractivity contribution is 0.0980. The SMILES string of the molecule is N#CC(N)C(=O)c1cc(Cl)cc(Cl)c1. The van der Waals surface area contributed by atoms with Crippen molar-refractivity contribution >= 4 is 29.0 Å². The Hall–Kier alpha value is -1.08. The summed E-state index contributed by atoms with van der Waals surface area (Å²) in [6.07, 6.45) is 0. The van der Waals surface area contributed by atoms with Crippen LogP contribution in [0.4, 0.5) is 0 Å². The van der Waals surface area contributed by atoms with Crippen LogP contribution in [0.1, 0.15) is 10.4 Å². The summed E-state index contributed by atoms with van der Waals surface area (Å²) >= 11 is 11.4. The molecule has 0 spiro atoms. The fraction of sp³-hybridized carbons (Fsp3) is 0.111. The van der Waals surface area contributed by atoms with Crippen LogP contribution in [0, 0.1) is 11.3 Å². The number of nitrogens with two attached hydrogens (primary N) is 1. The van der Waals surface area contributed by atoms with Gasteiger partial charge in [0, 0.05) is 15.6 Å². The van der Waals surface area contributed by atoms with Crippen LogP contribution in [0.15, 0.2) is 18.2 Å². The fourth-order valence-electron chi connectivity index (χ4n) is 0.934. The van der Waals surface area contributed by atoms with Crippen LogP contribution in [0.2, 0.25) is 10.0 Å². The molecule has 1 unspecified atom stereocenters. The maximum absolute atomic E-state index is 11.4. The number of nitriles is 1. The topological polar surface area (TPSA) is 66.9 Å². The summed E-state index contributed by atoms with van der Waals surface area (Å²) in [7, 11) is 0. The minimum absolute atomic E-state index is 0.247. The van der Waals surface area contributed by atoms with Crippen molar-refractivity contribution in [1.82, 2.24) is 0 Å². The molecule has 0 fully saturated rings. The Kier molecular flexibility index (Phi) is 3.48. The minimum atomic E-state index is -1.18. The molecule has 1 rings (SSSR count). The van der Waals surface area contributed by atoms with E-state index in [1.807, 2.05) is 0 Å². The molecular weight excluding hydrogens is 223 g/mol. The number of hydrogen-bond acceptors (Lipinski definition) is 3. The van der Waals surface area contributed by atoms with Gasteiger partial charge in [0.15, 0.2) is 11.8 Å². The van der Waals surface area contributed by atoms with Crippen LogP contribution in [0.3, 0.4) is 0 Å². The summed E-state index contributed by atoms with van der Waals surface area (Å²) in [5.74, 6) is -0.489. The smallest absolute Gasteiger partial charge is 0.194 e. The average molecular weight is 229 g/mol. The number of halogens is 2. The van der Waals surface area contributed by atoms with Crippen molar-refractivity contribution in [1.29, 1.82) is 5.26 Å². The third-order valence-corrected chi connectivity index (χ3v) is 2.01. The van der Waals surface area contributed by atoms with Gasteiger partial charge in [0.2, 0.25) is 0 Å². The van der Waals surface area contributed by atoms with Gasteiger partial charge in [-0.1, -0.05) is 23.2 Å². The molecule has 1 aromatic rings. The highest BCUT2D eigenvalue weighted by Crippen LogP contribution is 2.19. The second kappa shape index (κ2) is 4.43. The molecular formula is C9H6Cl2N2O. The summed E-state index contributed by atoms with van der Waals surface area (Å²) < 4.78 is 0. The summed E-state index contributed by atoms with van der Waals surface area (Å²) in [4.78, 5) is 11.4. The molecule has 1 aromatic carbocycles. The standard InChI is InChI=1S/C9H6Cl2N2O/c10-6-1-5(2-7(11)3-6)9(14)8(13)4-12/h1-3,8H,13H2. The van der Waals surface area contributed by atoms with Crippen molar-refractivity contribution in [3.8, 4) is 6.07 Å². The molecule has 5 heteroatoms. The highest BCUT2D eigenvalue weighted by Gasteiger charge is 2.15. The molecule has 0 bridgehead atoms. The van der Waals surface area contributed by atoms with Crippen LogP contribution < -0.4 is 5.73 Å². The Morgan fingerprint density at radius 2 is 1.86 bits per heavy atom. The molecule has 0 saturated carbocycles. The van der Waals surface area contributed by atoms with Crippen LogP contribution in [-0.4, -0.2) is 11.8 Å². The van der Waals surface area contributed by atoms with E-state index in [0.29, 0.717) is 10.0 Å². The van der Waals surface area contributed by atoms with E-state index in [1.54, 1.807) is 6.07 Å². The van der Waals surface area contributed by atoms with Crippen LogP contribution in [0.5, 0.6) is 0 Å². The molecule has 0 aromatic heterocycles. The Balaban J connectivity index is 3.09. The predicted octanol–water partition coefficient (Wildman–Crippen LogP) is 2.03. The van der Waals surface area contributed by atoms with Gasteiger partial charge in [-0.3, -0.25) is 4.79 Å². The van der Waals surface area contributed by atoms with E-state index in [4.69, 9.17) is 34.2 Å². The number of carbonyl (C=O) groups excluding carboxylic acids is 1. The summed E-state index contributed by atoms with van der Waals surface area (Å²) in [5.41, 5.74) is 5.50. The second-order valence-corrected chi connectivity index (χ2v) is 3.50. The van der Waals surface area contributed by atoms with Gasteiger partial charge in [-0.05, 0) is 18.2 Å². The number of ketones is 1. The minimum Gasteiger partial charge on any atom is -0.309 e. The third kappa shape index (κ3) is 2.46. The van der Waals surface area contributed by atoms with Gasteiger partial charge in [0.1, 0.15) is 0 Å². The molecule has 0 aliphatic heterocycles. The molecule has 72 valence electrons. The van der Waals surface area contributed by atoms with E-state index in [-0.39, 0.29) is 5.56 Å². The lowest BCUT2D eigenvalue weighted by Gasteiger charge is -2.03. The molecule has 3 nitrogen and oxygen atoms in total. The van der Waals surface area contributed by atoms with E-state index in [9.17, 15) is 4.79 Å². The van der Waals surface area contributed by atoms with Crippen molar-refractivity contribution in [2.75, 3.05) is 0 Å². The highest BCUT2D eigenvalue weighted by atomic mass is 35.5. The van der Waals surface area contributed by atoms with E-state index < -0.39 is 11.8 Å². The Morgan fingerprint density at radius 3 is 2.29 bits per heavy atom. The third-order valence-electron chi connectivity index (χ3n) is 1.57. The van der Waals surface area contributed by atoms with Gasteiger partial charge >= 0.3 is 0 Å². The number of hydrogen-bond donors (Lipinski definition) is 1. The second-order valence-electron chi connectivity index (χ2n) is 2.63. The molecule has 14 heavy (non-hydrogen) atoms. The molecule has 0 heterocycles. The first-order valence-corrected chi connectivity index (χ1v) is 4.45. The van der Waals surface area contributed by atoms with Gasteiger partial charge in [-0.15, -0.1) is 0 Å². The van der Waals surface area contributed by atoms with Crippen molar-refractivity contribution in [3.05, 3.63) is 33.8 Å². The van der Waals surface area contributed by atoms with Crippen molar-refractivity contribution in [2.24, 2.45) is 5.73 Å². The molecule has 0 aliphatic rings. The number of carbonyl (C=O) groups is 1. The Bertz CT molecular complexity index is 392. The molecule has 0 aliphatic carbocycles. The van der Waals surface area contributed by atoms with E-state index in [1.165, 1.54) is 18.2 Å². The number of benzene rings is 1. The lowest BCUT2D eigenvalue weighted by Crippen LogP contribution is -2.28. The van der Waals surface area contributed by atoms with Gasteiger partial charge in [-0.25, -0.2) is 0 Å². The molecule has 0 amide bonds. The lowest BCUT2D eigenvalue weighted by atomic mass is 10.1. The normalized spacial score (nSPS) is 11.9. The zero-order valence-corrected chi connectivity index (χ0v) is 8.51. The van der Waals surface area contributed by atoms with Crippen LogP contribution in [0.25, 0.3) is 0 Å². The van der Waals surface area contributed by atoms with Crippen molar-refractivity contribution < 1.29 is 4.79 Å². The summed E-state index contributed by atoms with van der Waals surface area (Å²) in [6, 6.07) is 4.81. The maximum Gasteiger partial charge on any atom is 0.194 e. The number of Topliss-reactive ketones (excluding diaryl/α,β-unsaturated/α-hetero) is 1. The van der Waals surface area contributed by atoms with E-state index >= 15 is 0 Å². The molecule has 1 atom stereocenters. The molecule has 2 N–H and O–H groups in total. The van der Waals surface area contributed by atoms with Gasteiger partial charge in [0.25, 0.3) is 0 Å². The van der Waals surface area contributed by atoms with E-state index in [0.717, 1.165) is 0 Å². The zero-order chi connectivity index (χ0) is 10.7. The van der Waals surface area contributed by atoms with Crippen molar-refractivity contribution in [3.63, 3.8) is 0 Å². The fourth-order valence-corrected chi connectivity index (χ4v) is 1.46. The largest absolute Gasteiger partial charge is 0.309 e. The van der Waals surface area contributed by atoms with Crippen LogP contribution >= 0.6 is 23.2 Å². The summed E-state index contributed by atoms with van der Waals surface area (Å²) in [5, 5.41) is 9.12. The Morgan fingerprint density at radius 1 is 1.36 bits per heavy atom. The molecule has 0 saturated heterocycles. The van der Waals surface area contributed by atoms with Crippen molar-refractivity contribution in [2.45, 2.75) is 6.04 Å². The quantitative estimate of drug-likeness (QED) is 0.789. The monoisotopic (exact) mass is 228 g/mol. The summed E-state index contributed by atoms with van der Waals surface area (Å²) in [6.45, 7) is 0. The van der Waals surface area contributed by atoms with Crippen LogP contribution in [-0.2, 0) is 0 Å². The maximum atomic E-state index is 11.4. The van der Waals surface area contributed by atoms with Gasteiger partial charge < -0.3 is 5.73 Å². The van der Waals surface area contributed by atoms with Gasteiger partial charge in [0.05, 0.1) is 6.07 Å². The van der Waals surface area contributed by atoms with E-state index in [2.05, 4.69) is 0 Å².